The minimum atomic E-state index is -1.38. The van der Waals surface area contributed by atoms with Crippen molar-refractivity contribution in [3.05, 3.63) is 47.5 Å². The summed E-state index contributed by atoms with van der Waals surface area (Å²) in [7, 11) is 0. The fourth-order valence-corrected chi connectivity index (χ4v) is 3.96. The Hall–Kier alpha value is -2.86. The van der Waals surface area contributed by atoms with Crippen LogP contribution in [0.25, 0.3) is 20.8 Å². The first-order valence-electron chi connectivity index (χ1n) is 7.72. The van der Waals surface area contributed by atoms with Crippen LogP contribution < -0.4 is 4.74 Å². The predicted molar refractivity (Wildman–Crippen MR) is 93.9 cm³/mol. The number of thiazole rings is 1. The molecular formula is C19H13NO4S. The quantitative estimate of drug-likeness (QED) is 0.401. The van der Waals surface area contributed by atoms with Crippen LogP contribution in [0.15, 0.2) is 36.4 Å². The van der Waals surface area contributed by atoms with Gasteiger partial charge in [-0.05, 0) is 43.7 Å². The van der Waals surface area contributed by atoms with Crippen molar-refractivity contribution in [3.8, 4) is 16.3 Å². The highest BCUT2D eigenvalue weighted by molar-refractivity contribution is 7.21. The van der Waals surface area contributed by atoms with E-state index in [9.17, 15) is 14.4 Å². The Kier molecular flexibility index (Phi) is 3.51. The van der Waals surface area contributed by atoms with Gasteiger partial charge in [0.1, 0.15) is 5.01 Å². The van der Waals surface area contributed by atoms with Crippen LogP contribution in [-0.2, 0) is 9.59 Å². The van der Waals surface area contributed by atoms with Gasteiger partial charge in [0.25, 0.3) is 0 Å². The third-order valence-electron chi connectivity index (χ3n) is 4.13. The average molecular weight is 351 g/mol. The van der Waals surface area contributed by atoms with Crippen molar-refractivity contribution >= 4 is 39.1 Å². The SMILES string of the molecule is CC(=O)C1C(=O)Oc2c(cc(C)cc2-c2nc3ccccc3s2)C1=O. The number of ether oxygens (including phenoxy) is 1. The van der Waals surface area contributed by atoms with Crippen LogP contribution in [0, 0.1) is 12.8 Å². The molecular weight excluding hydrogens is 338 g/mol. The maximum atomic E-state index is 12.6. The molecule has 0 fully saturated rings. The second-order valence-corrected chi connectivity index (χ2v) is 7.04. The van der Waals surface area contributed by atoms with E-state index < -0.39 is 23.5 Å². The molecule has 0 saturated heterocycles. The number of nitrogens with zero attached hydrogens (tertiary/aromatic N) is 1. The van der Waals surface area contributed by atoms with Crippen molar-refractivity contribution < 1.29 is 19.1 Å². The van der Waals surface area contributed by atoms with Crippen molar-refractivity contribution in [2.75, 3.05) is 0 Å². The van der Waals surface area contributed by atoms with E-state index in [0.29, 0.717) is 10.6 Å². The molecule has 6 heteroatoms. The lowest BCUT2D eigenvalue weighted by Gasteiger charge is -2.22. The fourth-order valence-electron chi connectivity index (χ4n) is 2.99. The number of carbonyl (C=O) groups is 3. The molecule has 1 aliphatic rings. The minimum Gasteiger partial charge on any atom is -0.424 e. The highest BCUT2D eigenvalue weighted by Crippen LogP contribution is 2.41. The molecule has 0 bridgehead atoms. The van der Waals surface area contributed by atoms with Gasteiger partial charge in [0.05, 0.1) is 21.3 Å². The van der Waals surface area contributed by atoms with Gasteiger partial charge in [-0.25, -0.2) is 4.98 Å². The molecule has 0 amide bonds. The molecule has 0 spiro atoms. The Balaban J connectivity index is 1.94. The summed E-state index contributed by atoms with van der Waals surface area (Å²) in [6, 6.07) is 11.2. The zero-order chi connectivity index (χ0) is 17.7. The maximum absolute atomic E-state index is 12.6. The maximum Gasteiger partial charge on any atom is 0.329 e. The molecule has 25 heavy (non-hydrogen) atoms. The highest BCUT2D eigenvalue weighted by Gasteiger charge is 2.41. The number of carbonyl (C=O) groups excluding carboxylic acids is 3. The van der Waals surface area contributed by atoms with Gasteiger partial charge in [-0.3, -0.25) is 14.4 Å². The number of Topliss-reactive ketones (excluding diaryl/α,β-unsaturated/α-hetero) is 2. The van der Waals surface area contributed by atoms with Crippen molar-refractivity contribution in [3.63, 3.8) is 0 Å². The molecule has 5 nitrogen and oxygen atoms in total. The summed E-state index contributed by atoms with van der Waals surface area (Å²) in [5.41, 5.74) is 2.53. The van der Waals surface area contributed by atoms with Gasteiger partial charge in [0.2, 0.25) is 0 Å². The normalized spacial score (nSPS) is 16.6. The lowest BCUT2D eigenvalue weighted by Crippen LogP contribution is -2.38. The van der Waals surface area contributed by atoms with Crippen molar-refractivity contribution in [1.82, 2.24) is 4.98 Å². The fraction of sp³-hybridized carbons (Fsp3) is 0.158. The Morgan fingerprint density at radius 2 is 1.88 bits per heavy atom. The molecule has 0 N–H and O–H groups in total. The van der Waals surface area contributed by atoms with Crippen LogP contribution in [-0.4, -0.2) is 22.5 Å². The smallest absolute Gasteiger partial charge is 0.329 e. The molecule has 4 rings (SSSR count). The molecule has 0 saturated carbocycles. The van der Waals surface area contributed by atoms with Gasteiger partial charge in [-0.15, -0.1) is 11.3 Å². The first-order valence-corrected chi connectivity index (χ1v) is 8.54. The van der Waals surface area contributed by atoms with Crippen molar-refractivity contribution in [1.29, 1.82) is 0 Å². The van der Waals surface area contributed by atoms with E-state index in [1.807, 2.05) is 37.3 Å². The van der Waals surface area contributed by atoms with Gasteiger partial charge in [0.15, 0.2) is 23.2 Å². The first-order chi connectivity index (χ1) is 12.0. The molecule has 2 aromatic carbocycles. The number of fused-ring (bicyclic) bond motifs is 2. The van der Waals surface area contributed by atoms with E-state index in [1.165, 1.54) is 18.3 Å². The molecule has 3 aromatic rings. The van der Waals surface area contributed by atoms with Crippen LogP contribution >= 0.6 is 11.3 Å². The van der Waals surface area contributed by atoms with E-state index in [1.54, 1.807) is 6.07 Å². The van der Waals surface area contributed by atoms with Crippen molar-refractivity contribution in [2.24, 2.45) is 5.92 Å². The molecule has 2 heterocycles. The number of ketones is 2. The van der Waals surface area contributed by atoms with Gasteiger partial charge >= 0.3 is 5.97 Å². The number of hydrogen-bond acceptors (Lipinski definition) is 6. The topological polar surface area (TPSA) is 73.3 Å². The third kappa shape index (κ3) is 2.46. The van der Waals surface area contributed by atoms with Gasteiger partial charge < -0.3 is 4.74 Å². The summed E-state index contributed by atoms with van der Waals surface area (Å²) in [4.78, 5) is 41.0. The van der Waals surface area contributed by atoms with Crippen molar-refractivity contribution in [2.45, 2.75) is 13.8 Å². The number of esters is 1. The van der Waals surface area contributed by atoms with Crippen LogP contribution in [0.4, 0.5) is 0 Å². The number of para-hydroxylation sites is 1. The van der Waals surface area contributed by atoms with Crippen LogP contribution in [0.2, 0.25) is 0 Å². The van der Waals surface area contributed by atoms with E-state index in [-0.39, 0.29) is 11.3 Å². The Morgan fingerprint density at radius 1 is 1.16 bits per heavy atom. The lowest BCUT2D eigenvalue weighted by atomic mass is 9.89. The third-order valence-corrected chi connectivity index (χ3v) is 5.20. The minimum absolute atomic E-state index is 0.192. The summed E-state index contributed by atoms with van der Waals surface area (Å²) in [6.45, 7) is 3.07. The van der Waals surface area contributed by atoms with Gasteiger partial charge in [0, 0.05) is 0 Å². The van der Waals surface area contributed by atoms with E-state index >= 15 is 0 Å². The Labute approximate surface area is 147 Å². The predicted octanol–water partition coefficient (Wildman–Crippen LogP) is 3.58. The molecule has 1 aliphatic heterocycles. The highest BCUT2D eigenvalue weighted by atomic mass is 32.1. The first kappa shape index (κ1) is 15.7. The monoisotopic (exact) mass is 351 g/mol. The molecule has 124 valence electrons. The zero-order valence-electron chi connectivity index (χ0n) is 13.5. The molecule has 1 atom stereocenters. The standard InChI is InChI=1S/C19H13NO4S/c1-9-7-11-16(22)15(10(2)21)19(23)24-17(11)12(8-9)18-20-13-5-3-4-6-14(13)25-18/h3-8,15H,1-2H3. The molecule has 0 radical (unpaired) electrons. The Morgan fingerprint density at radius 3 is 2.60 bits per heavy atom. The van der Waals surface area contributed by atoms with E-state index in [2.05, 4.69) is 4.98 Å². The number of aryl methyl sites for hydroxylation is 1. The van der Waals surface area contributed by atoms with Gasteiger partial charge in [-0.1, -0.05) is 12.1 Å². The lowest BCUT2D eigenvalue weighted by molar-refractivity contribution is -0.141. The summed E-state index contributed by atoms with van der Waals surface area (Å²) in [5, 5.41) is 0.669. The molecule has 0 aliphatic carbocycles. The second-order valence-electron chi connectivity index (χ2n) is 6.00. The Bertz CT molecular complexity index is 1030. The second kappa shape index (κ2) is 5.60. The zero-order valence-corrected chi connectivity index (χ0v) is 14.3. The van der Waals surface area contributed by atoms with Crippen LogP contribution in [0.3, 0.4) is 0 Å². The van der Waals surface area contributed by atoms with Gasteiger partial charge in [-0.2, -0.15) is 0 Å². The molecule has 1 aromatic heterocycles. The summed E-state index contributed by atoms with van der Waals surface area (Å²) < 4.78 is 6.40. The van der Waals surface area contributed by atoms with Crippen LogP contribution in [0.5, 0.6) is 5.75 Å². The summed E-state index contributed by atoms with van der Waals surface area (Å²) in [6.07, 6.45) is 0. The largest absolute Gasteiger partial charge is 0.424 e. The molecule has 1 unspecified atom stereocenters. The van der Waals surface area contributed by atoms with Crippen LogP contribution in [0.1, 0.15) is 22.8 Å². The summed E-state index contributed by atoms with van der Waals surface area (Å²) in [5.74, 6) is -3.03. The number of aromatic nitrogens is 1. The number of benzene rings is 2. The summed E-state index contributed by atoms with van der Waals surface area (Å²) >= 11 is 1.46. The van der Waals surface area contributed by atoms with E-state index in [0.717, 1.165) is 15.8 Å². The van der Waals surface area contributed by atoms with E-state index in [4.69, 9.17) is 4.74 Å². The number of hydrogen-bond donors (Lipinski definition) is 0. The average Bonchev–Trinajstić information content (AvgIpc) is 2.98. The number of rotatable bonds is 2.